The molecule has 8 nitrogen and oxygen atoms in total. The molecule has 0 bridgehead atoms. The van der Waals surface area contributed by atoms with E-state index in [1.54, 1.807) is 0 Å². The summed E-state index contributed by atoms with van der Waals surface area (Å²) in [5, 5.41) is 12.2. The third-order valence-corrected chi connectivity index (χ3v) is 5.91. The van der Waals surface area contributed by atoms with Crippen LogP contribution in [0, 0.1) is 10.1 Å². The molecule has 1 aliphatic heterocycles. The predicted octanol–water partition coefficient (Wildman–Crippen LogP) is 3.37. The fourth-order valence-electron chi connectivity index (χ4n) is 4.27. The van der Waals surface area contributed by atoms with Crippen molar-refractivity contribution in [2.75, 3.05) is 19.8 Å². The fraction of sp³-hybridized carbons (Fsp3) is 0.381. The number of aryl methyl sites for hydroxylation is 1. The van der Waals surface area contributed by atoms with Gasteiger partial charge in [0.2, 0.25) is 5.91 Å². The molecule has 1 fully saturated rings. The van der Waals surface area contributed by atoms with Gasteiger partial charge in [0.1, 0.15) is 6.61 Å². The molecular formula is C21H21ClN2O6. The van der Waals surface area contributed by atoms with Crippen molar-refractivity contribution in [1.29, 1.82) is 0 Å². The van der Waals surface area contributed by atoms with E-state index in [0.29, 0.717) is 18.2 Å². The van der Waals surface area contributed by atoms with Gasteiger partial charge in [-0.05, 0) is 54.7 Å². The zero-order valence-corrected chi connectivity index (χ0v) is 16.9. The summed E-state index contributed by atoms with van der Waals surface area (Å²) in [5.74, 6) is -0.685. The van der Waals surface area contributed by atoms with Gasteiger partial charge in [0.25, 0.3) is 0 Å². The zero-order chi connectivity index (χ0) is 21.3. The van der Waals surface area contributed by atoms with Gasteiger partial charge in [-0.1, -0.05) is 17.7 Å². The van der Waals surface area contributed by atoms with Crippen molar-refractivity contribution in [2.24, 2.45) is 5.73 Å². The number of hydrogen-bond acceptors (Lipinski definition) is 6. The highest BCUT2D eigenvalue weighted by molar-refractivity contribution is 6.30. The molecule has 1 heterocycles. The lowest BCUT2D eigenvalue weighted by molar-refractivity contribution is -0.386. The normalized spacial score (nSPS) is 21.2. The molecule has 0 aromatic heterocycles. The van der Waals surface area contributed by atoms with Gasteiger partial charge >= 0.3 is 5.69 Å². The number of nitrogens with two attached hydrogens (primary N) is 1. The quantitative estimate of drug-likeness (QED) is 0.553. The first-order valence-corrected chi connectivity index (χ1v) is 10.0. The second-order valence-corrected chi connectivity index (χ2v) is 7.91. The summed E-state index contributed by atoms with van der Waals surface area (Å²) in [6.07, 6.45) is 1.96. The van der Waals surface area contributed by atoms with E-state index >= 15 is 0 Å². The monoisotopic (exact) mass is 432 g/mol. The van der Waals surface area contributed by atoms with E-state index in [-0.39, 0.29) is 23.6 Å². The fourth-order valence-corrected chi connectivity index (χ4v) is 4.46. The van der Waals surface area contributed by atoms with Crippen LogP contribution in [0.3, 0.4) is 0 Å². The number of ether oxygens (including phenoxy) is 3. The number of halogens is 1. The molecule has 0 unspecified atom stereocenters. The summed E-state index contributed by atoms with van der Waals surface area (Å²) in [7, 11) is 0. The van der Waals surface area contributed by atoms with Crippen molar-refractivity contribution in [2.45, 2.75) is 31.0 Å². The van der Waals surface area contributed by atoms with Crippen LogP contribution in [0.5, 0.6) is 5.75 Å². The third-order valence-electron chi connectivity index (χ3n) is 5.67. The Balaban J connectivity index is 1.71. The Labute approximate surface area is 178 Å². The number of carbonyl (C=O) groups excluding carboxylic acids is 1. The van der Waals surface area contributed by atoms with Gasteiger partial charge in [0, 0.05) is 16.7 Å². The molecule has 1 saturated heterocycles. The number of rotatable bonds is 6. The number of nitrogens with zero attached hydrogens (tertiary/aromatic N) is 1. The van der Waals surface area contributed by atoms with Crippen molar-refractivity contribution in [3.05, 3.63) is 68.2 Å². The van der Waals surface area contributed by atoms with Crippen molar-refractivity contribution < 1.29 is 23.9 Å². The molecular weight excluding hydrogens is 412 g/mol. The van der Waals surface area contributed by atoms with Crippen LogP contribution in [0.2, 0.25) is 5.02 Å². The van der Waals surface area contributed by atoms with Crippen molar-refractivity contribution >= 4 is 23.2 Å². The summed E-state index contributed by atoms with van der Waals surface area (Å²) in [4.78, 5) is 22.3. The molecule has 1 aliphatic carbocycles. The topological polar surface area (TPSA) is 114 Å². The van der Waals surface area contributed by atoms with Gasteiger partial charge in [0.15, 0.2) is 12.0 Å². The maximum Gasteiger partial charge on any atom is 0.311 e. The molecule has 4 rings (SSSR count). The largest absolute Gasteiger partial charge is 0.486 e. The smallest absolute Gasteiger partial charge is 0.311 e. The van der Waals surface area contributed by atoms with Crippen LogP contribution >= 0.6 is 11.6 Å². The van der Waals surface area contributed by atoms with E-state index in [0.717, 1.165) is 36.5 Å². The lowest BCUT2D eigenvalue weighted by Gasteiger charge is -2.41. The Bertz CT molecular complexity index is 991. The summed E-state index contributed by atoms with van der Waals surface area (Å²) >= 11 is 6.19. The molecule has 2 aliphatic rings. The first kappa shape index (κ1) is 20.6. The standard InChI is InChI=1S/C21H21ClN2O6/c22-15-4-5-16-13(10-15)2-1-7-21(16,20-28-8-9-29-20)12-30-18-6-3-14(19(23)25)11-17(18)24(26)27/h3-6,10-11,20H,1-2,7-9,12H2,(H2,23,25)/t21-/m0/s1. The van der Waals surface area contributed by atoms with Crippen LogP contribution in [-0.4, -0.2) is 36.9 Å². The summed E-state index contributed by atoms with van der Waals surface area (Å²) in [5.41, 5.74) is 6.45. The number of nitro benzene ring substituents is 1. The minimum Gasteiger partial charge on any atom is -0.486 e. The molecule has 9 heteroatoms. The van der Waals surface area contributed by atoms with Crippen molar-refractivity contribution in [1.82, 2.24) is 0 Å². The van der Waals surface area contributed by atoms with E-state index in [1.165, 1.54) is 12.1 Å². The Hall–Kier alpha value is -2.68. The minimum atomic E-state index is -0.744. The van der Waals surface area contributed by atoms with Crippen LogP contribution in [0.1, 0.15) is 34.3 Å². The average Bonchev–Trinajstić information content (AvgIpc) is 3.27. The highest BCUT2D eigenvalue weighted by atomic mass is 35.5. The maximum absolute atomic E-state index is 11.5. The van der Waals surface area contributed by atoms with Crippen LogP contribution in [0.25, 0.3) is 0 Å². The second-order valence-electron chi connectivity index (χ2n) is 7.48. The SMILES string of the molecule is NC(=O)c1ccc(OC[C@@]2(C3OCCO3)CCCc3cc(Cl)ccc32)c([N+](=O)[O-])c1. The number of hydrogen-bond donors (Lipinski definition) is 1. The number of amides is 1. The van der Waals surface area contributed by atoms with E-state index in [9.17, 15) is 14.9 Å². The molecule has 30 heavy (non-hydrogen) atoms. The molecule has 1 atom stereocenters. The van der Waals surface area contributed by atoms with Gasteiger partial charge in [0.05, 0.1) is 23.6 Å². The summed E-state index contributed by atoms with van der Waals surface area (Å²) < 4.78 is 17.7. The van der Waals surface area contributed by atoms with E-state index < -0.39 is 22.5 Å². The number of fused-ring (bicyclic) bond motifs is 1. The Kier molecular flexibility index (Phi) is 5.64. The van der Waals surface area contributed by atoms with Crippen LogP contribution in [0.4, 0.5) is 5.69 Å². The van der Waals surface area contributed by atoms with E-state index in [4.69, 9.17) is 31.5 Å². The first-order chi connectivity index (χ1) is 14.4. The molecule has 158 valence electrons. The summed E-state index contributed by atoms with van der Waals surface area (Å²) in [6.45, 7) is 1.06. The van der Waals surface area contributed by atoms with Crippen LogP contribution in [0.15, 0.2) is 36.4 Å². The highest BCUT2D eigenvalue weighted by Crippen LogP contribution is 2.44. The molecule has 2 N–H and O–H groups in total. The third kappa shape index (κ3) is 3.74. The predicted molar refractivity (Wildman–Crippen MR) is 109 cm³/mol. The van der Waals surface area contributed by atoms with Gasteiger partial charge < -0.3 is 19.9 Å². The van der Waals surface area contributed by atoms with Crippen molar-refractivity contribution in [3.63, 3.8) is 0 Å². The van der Waals surface area contributed by atoms with E-state index in [2.05, 4.69) is 0 Å². The Morgan fingerprint density at radius 2 is 2.03 bits per heavy atom. The maximum atomic E-state index is 11.5. The Morgan fingerprint density at radius 3 is 2.73 bits per heavy atom. The second kappa shape index (κ2) is 8.22. The number of primary amides is 1. The molecule has 0 radical (unpaired) electrons. The number of carbonyl (C=O) groups is 1. The van der Waals surface area contributed by atoms with Crippen LogP contribution in [-0.2, 0) is 21.3 Å². The molecule has 0 spiro atoms. The average molecular weight is 433 g/mol. The lowest BCUT2D eigenvalue weighted by Crippen LogP contribution is -2.47. The van der Waals surface area contributed by atoms with Gasteiger partial charge in [-0.25, -0.2) is 0 Å². The van der Waals surface area contributed by atoms with Crippen LogP contribution < -0.4 is 10.5 Å². The molecule has 2 aromatic carbocycles. The first-order valence-electron chi connectivity index (χ1n) is 9.64. The Morgan fingerprint density at radius 1 is 1.27 bits per heavy atom. The lowest BCUT2D eigenvalue weighted by atomic mass is 9.69. The minimum absolute atomic E-state index is 0.0453. The molecule has 2 aromatic rings. The zero-order valence-electron chi connectivity index (χ0n) is 16.1. The summed E-state index contributed by atoms with van der Waals surface area (Å²) in [6, 6.07) is 9.64. The molecule has 1 amide bonds. The van der Waals surface area contributed by atoms with Gasteiger partial charge in [-0.2, -0.15) is 0 Å². The van der Waals surface area contributed by atoms with Gasteiger partial charge in [-0.15, -0.1) is 0 Å². The van der Waals surface area contributed by atoms with Gasteiger partial charge in [-0.3, -0.25) is 14.9 Å². The molecule has 0 saturated carbocycles. The number of benzene rings is 2. The van der Waals surface area contributed by atoms with E-state index in [1.807, 2.05) is 18.2 Å². The highest BCUT2D eigenvalue weighted by Gasteiger charge is 2.48. The number of nitro groups is 1. The van der Waals surface area contributed by atoms with Crippen molar-refractivity contribution in [3.8, 4) is 5.75 Å².